The van der Waals surface area contributed by atoms with E-state index in [0.717, 1.165) is 31.4 Å². The van der Waals surface area contributed by atoms with Crippen LogP contribution in [0.5, 0.6) is 0 Å². The molecule has 164 valence electrons. The van der Waals surface area contributed by atoms with Gasteiger partial charge in [0.2, 0.25) is 0 Å². The van der Waals surface area contributed by atoms with Crippen molar-refractivity contribution in [3.8, 4) is 5.82 Å². The number of halogens is 1. The van der Waals surface area contributed by atoms with E-state index in [9.17, 15) is 9.18 Å². The number of nitrogens with one attached hydrogen (secondary N) is 2. The van der Waals surface area contributed by atoms with Gasteiger partial charge in [0.25, 0.3) is 5.91 Å². The molecule has 3 heterocycles. The number of hydrogen-bond donors (Lipinski definition) is 2. The molecule has 1 saturated carbocycles. The summed E-state index contributed by atoms with van der Waals surface area (Å²) in [6, 6.07) is 5.47. The maximum Gasteiger partial charge on any atom is 0.255 e. The van der Waals surface area contributed by atoms with E-state index in [4.69, 9.17) is 4.79 Å². The summed E-state index contributed by atoms with van der Waals surface area (Å²) < 4.78 is 15.2. The lowest BCUT2D eigenvalue weighted by molar-refractivity contribution is -0.0980. The summed E-state index contributed by atoms with van der Waals surface area (Å²) in [5, 5.41) is 7.21. The van der Waals surface area contributed by atoms with Crippen LogP contribution < -0.4 is 10.6 Å². The van der Waals surface area contributed by atoms with Crippen LogP contribution in [0.3, 0.4) is 0 Å². The molecular formula is C23H28FN5O2. The monoisotopic (exact) mass is 425 g/mol. The first-order chi connectivity index (χ1) is 15.0. The van der Waals surface area contributed by atoms with Gasteiger partial charge in [0, 0.05) is 35.9 Å². The molecule has 2 N–H and O–H groups in total. The standard InChI is InChI=1S/C22H26FN5O.CH2O/c1-14(2)26-19-11-20(28-9-8-15-10-16(23)12-25-21(15)28)24-13-18(19)22(29)27-17-6-4-3-5-7-17;1-2/h8-14,17H,3-7H2,1-2H3,(H,24,26)(H,27,29);1H2. The Bertz CT molecular complexity index is 1040. The second-order valence-electron chi connectivity index (χ2n) is 7.95. The lowest BCUT2D eigenvalue weighted by Crippen LogP contribution is -2.36. The van der Waals surface area contributed by atoms with Crippen molar-refractivity contribution in [2.24, 2.45) is 0 Å². The van der Waals surface area contributed by atoms with Gasteiger partial charge >= 0.3 is 0 Å². The Balaban J connectivity index is 0.00000132. The first kappa shape index (κ1) is 22.4. The molecule has 0 aromatic carbocycles. The minimum Gasteiger partial charge on any atom is -0.382 e. The Morgan fingerprint density at radius 3 is 2.61 bits per heavy atom. The Hall–Kier alpha value is -3.29. The number of carbonyl (C=O) groups excluding carboxylic acids is 2. The van der Waals surface area contributed by atoms with Crippen molar-refractivity contribution in [2.45, 2.75) is 58.0 Å². The fourth-order valence-electron chi connectivity index (χ4n) is 3.88. The van der Waals surface area contributed by atoms with Gasteiger partial charge in [0.05, 0.1) is 17.4 Å². The molecule has 1 fully saturated rings. The van der Waals surface area contributed by atoms with Gasteiger partial charge in [0.15, 0.2) is 0 Å². The van der Waals surface area contributed by atoms with Gasteiger partial charge in [-0.05, 0) is 38.8 Å². The van der Waals surface area contributed by atoms with Crippen LogP contribution in [0.1, 0.15) is 56.3 Å². The predicted octanol–water partition coefficient (Wildman–Crippen LogP) is 4.26. The molecule has 8 heteroatoms. The molecule has 0 saturated heterocycles. The van der Waals surface area contributed by atoms with Crippen LogP contribution in [-0.2, 0) is 4.79 Å². The highest BCUT2D eigenvalue weighted by Crippen LogP contribution is 2.24. The number of pyridine rings is 2. The smallest absolute Gasteiger partial charge is 0.255 e. The molecule has 31 heavy (non-hydrogen) atoms. The van der Waals surface area contributed by atoms with Gasteiger partial charge in [-0.25, -0.2) is 14.4 Å². The molecule has 3 aromatic rings. The molecule has 0 aliphatic heterocycles. The van der Waals surface area contributed by atoms with Gasteiger partial charge in [0.1, 0.15) is 24.1 Å². The number of fused-ring (bicyclic) bond motifs is 1. The Morgan fingerprint density at radius 1 is 1.16 bits per heavy atom. The number of hydrogen-bond acceptors (Lipinski definition) is 5. The van der Waals surface area contributed by atoms with Crippen molar-refractivity contribution < 1.29 is 14.0 Å². The third-order valence-corrected chi connectivity index (χ3v) is 5.26. The molecule has 7 nitrogen and oxygen atoms in total. The van der Waals surface area contributed by atoms with Crippen molar-refractivity contribution in [1.82, 2.24) is 19.9 Å². The van der Waals surface area contributed by atoms with Crippen molar-refractivity contribution in [2.75, 3.05) is 5.32 Å². The Kier molecular flexibility index (Phi) is 7.33. The number of rotatable bonds is 5. The lowest BCUT2D eigenvalue weighted by Gasteiger charge is -2.23. The molecule has 0 spiro atoms. The van der Waals surface area contributed by atoms with Gasteiger partial charge in [-0.1, -0.05) is 19.3 Å². The number of anilines is 1. The first-order valence-electron chi connectivity index (χ1n) is 10.5. The molecule has 4 rings (SSSR count). The van der Waals surface area contributed by atoms with Gasteiger partial charge in [-0.2, -0.15) is 0 Å². The van der Waals surface area contributed by atoms with Crippen LogP contribution in [-0.4, -0.2) is 39.3 Å². The van der Waals surface area contributed by atoms with E-state index in [1.165, 1.54) is 18.7 Å². The van der Waals surface area contributed by atoms with E-state index >= 15 is 0 Å². The molecule has 3 aromatic heterocycles. The van der Waals surface area contributed by atoms with E-state index in [0.29, 0.717) is 22.4 Å². The first-order valence-corrected chi connectivity index (χ1v) is 10.5. The molecule has 1 aliphatic carbocycles. The van der Waals surface area contributed by atoms with Gasteiger partial charge < -0.3 is 15.4 Å². The molecule has 0 radical (unpaired) electrons. The van der Waals surface area contributed by atoms with Crippen molar-refractivity contribution in [1.29, 1.82) is 0 Å². The summed E-state index contributed by atoms with van der Waals surface area (Å²) in [6.07, 6.45) is 10.2. The minimum atomic E-state index is -0.375. The van der Waals surface area contributed by atoms with Crippen molar-refractivity contribution in [3.05, 3.63) is 48.2 Å². The third kappa shape index (κ3) is 5.25. The summed E-state index contributed by atoms with van der Waals surface area (Å²) in [7, 11) is 0. The normalized spacial score (nSPS) is 14.2. The van der Waals surface area contributed by atoms with Crippen LogP contribution in [0.2, 0.25) is 0 Å². The van der Waals surface area contributed by atoms with Gasteiger partial charge in [-0.15, -0.1) is 0 Å². The highest BCUT2D eigenvalue weighted by molar-refractivity contribution is 5.99. The average molecular weight is 426 g/mol. The highest BCUT2D eigenvalue weighted by Gasteiger charge is 2.20. The largest absolute Gasteiger partial charge is 0.382 e. The summed E-state index contributed by atoms with van der Waals surface area (Å²) in [4.78, 5) is 29.6. The van der Waals surface area contributed by atoms with Crippen LogP contribution in [0.4, 0.5) is 10.1 Å². The maximum absolute atomic E-state index is 13.4. The highest BCUT2D eigenvalue weighted by atomic mass is 19.1. The lowest BCUT2D eigenvalue weighted by atomic mass is 9.95. The van der Waals surface area contributed by atoms with Crippen LogP contribution >= 0.6 is 0 Å². The third-order valence-electron chi connectivity index (χ3n) is 5.26. The van der Waals surface area contributed by atoms with Gasteiger partial charge in [-0.3, -0.25) is 9.36 Å². The quantitative estimate of drug-likeness (QED) is 0.638. The number of nitrogens with zero attached hydrogens (tertiary/aromatic N) is 3. The summed E-state index contributed by atoms with van der Waals surface area (Å²) in [6.45, 7) is 6.05. The van der Waals surface area contributed by atoms with Crippen LogP contribution in [0, 0.1) is 5.82 Å². The Labute approximate surface area is 181 Å². The summed E-state index contributed by atoms with van der Waals surface area (Å²) >= 11 is 0. The van der Waals surface area contributed by atoms with Crippen molar-refractivity contribution >= 4 is 29.4 Å². The van der Waals surface area contributed by atoms with E-state index in [1.54, 1.807) is 23.0 Å². The number of amides is 1. The maximum atomic E-state index is 13.4. The second-order valence-corrected chi connectivity index (χ2v) is 7.95. The van der Waals surface area contributed by atoms with Crippen molar-refractivity contribution in [3.63, 3.8) is 0 Å². The number of aromatic nitrogens is 3. The molecule has 0 atom stereocenters. The molecule has 1 amide bonds. The van der Waals surface area contributed by atoms with E-state index in [2.05, 4.69) is 20.6 Å². The molecule has 0 bridgehead atoms. The number of carbonyl (C=O) groups is 2. The van der Waals surface area contributed by atoms with E-state index in [1.807, 2.05) is 26.7 Å². The predicted molar refractivity (Wildman–Crippen MR) is 119 cm³/mol. The average Bonchev–Trinajstić information content (AvgIpc) is 3.18. The van der Waals surface area contributed by atoms with Crippen LogP contribution in [0.15, 0.2) is 36.8 Å². The van der Waals surface area contributed by atoms with Crippen LogP contribution in [0.25, 0.3) is 16.9 Å². The topological polar surface area (TPSA) is 88.9 Å². The Morgan fingerprint density at radius 2 is 1.90 bits per heavy atom. The molecule has 0 unspecified atom stereocenters. The summed E-state index contributed by atoms with van der Waals surface area (Å²) in [5.74, 6) is 0.147. The second kappa shape index (κ2) is 10.1. The van der Waals surface area contributed by atoms with E-state index in [-0.39, 0.29) is 23.8 Å². The zero-order chi connectivity index (χ0) is 22.4. The summed E-state index contributed by atoms with van der Waals surface area (Å²) in [5.41, 5.74) is 1.87. The fourth-order valence-corrected chi connectivity index (χ4v) is 3.88. The SMILES string of the molecule is C=O.CC(C)Nc1cc(-n2ccc3cc(F)cnc32)ncc1C(=O)NC1CCCCC1. The fraction of sp³-hybridized carbons (Fsp3) is 0.391. The van der Waals surface area contributed by atoms with E-state index < -0.39 is 0 Å². The molecular weight excluding hydrogens is 397 g/mol. The molecule has 1 aliphatic rings. The zero-order valence-corrected chi connectivity index (χ0v) is 17.9. The minimum absolute atomic E-state index is 0.100. The zero-order valence-electron chi connectivity index (χ0n) is 17.9.